The summed E-state index contributed by atoms with van der Waals surface area (Å²) in [5.74, 6) is -1.01. The summed E-state index contributed by atoms with van der Waals surface area (Å²) in [7, 11) is -3.90. The molecule has 0 aliphatic heterocycles. The molecule has 5 nitrogen and oxygen atoms in total. The van der Waals surface area contributed by atoms with Gasteiger partial charge in [-0.2, -0.15) is 4.72 Å². The first kappa shape index (κ1) is 17.1. The predicted octanol–water partition coefficient (Wildman–Crippen LogP) is 2.44. The highest BCUT2D eigenvalue weighted by molar-refractivity contribution is 7.89. The summed E-state index contributed by atoms with van der Waals surface area (Å²) in [6, 6.07) is 10.6. The van der Waals surface area contributed by atoms with Crippen LogP contribution in [0, 0.1) is 12.7 Å². The molecular weight excluding hydrogens is 319 g/mol. The van der Waals surface area contributed by atoms with Gasteiger partial charge in [-0.3, -0.25) is 4.79 Å². The molecule has 0 saturated heterocycles. The van der Waals surface area contributed by atoms with E-state index >= 15 is 0 Å². The topological polar surface area (TPSA) is 75.3 Å². The zero-order chi connectivity index (χ0) is 17.0. The van der Waals surface area contributed by atoms with Crippen LogP contribution in [0.5, 0.6) is 0 Å². The number of amides is 1. The number of sulfonamides is 1. The third-order valence-corrected chi connectivity index (χ3v) is 4.81. The minimum Gasteiger partial charge on any atom is -0.324 e. The van der Waals surface area contributed by atoms with E-state index in [1.807, 2.05) is 19.1 Å². The van der Waals surface area contributed by atoms with E-state index in [1.54, 1.807) is 12.1 Å². The third-order valence-electron chi connectivity index (χ3n) is 3.25. The fourth-order valence-electron chi connectivity index (χ4n) is 1.92. The van der Waals surface area contributed by atoms with Crippen molar-refractivity contribution in [1.29, 1.82) is 0 Å². The number of halogens is 1. The minimum atomic E-state index is -3.90. The van der Waals surface area contributed by atoms with E-state index < -0.39 is 27.8 Å². The molecule has 122 valence electrons. The highest BCUT2D eigenvalue weighted by Gasteiger charge is 2.22. The molecule has 1 amide bonds. The van der Waals surface area contributed by atoms with Gasteiger partial charge in [0.2, 0.25) is 15.9 Å². The summed E-state index contributed by atoms with van der Waals surface area (Å²) in [6.07, 6.45) is 0. The van der Waals surface area contributed by atoms with Gasteiger partial charge < -0.3 is 5.32 Å². The van der Waals surface area contributed by atoms with Crippen molar-refractivity contribution in [3.63, 3.8) is 0 Å². The molecule has 0 radical (unpaired) electrons. The molecule has 0 bridgehead atoms. The molecule has 0 aromatic heterocycles. The number of benzene rings is 2. The number of para-hydroxylation sites is 1. The summed E-state index contributed by atoms with van der Waals surface area (Å²) in [5.41, 5.74) is 1.49. The fraction of sp³-hybridized carbons (Fsp3) is 0.188. The van der Waals surface area contributed by atoms with Crippen molar-refractivity contribution in [3.8, 4) is 0 Å². The van der Waals surface area contributed by atoms with Crippen molar-refractivity contribution < 1.29 is 17.6 Å². The summed E-state index contributed by atoms with van der Waals surface area (Å²) in [5, 5.41) is 2.67. The van der Waals surface area contributed by atoms with E-state index in [2.05, 4.69) is 10.0 Å². The van der Waals surface area contributed by atoms with Gasteiger partial charge in [0.15, 0.2) is 0 Å². The third kappa shape index (κ3) is 4.37. The molecule has 2 aromatic rings. The lowest BCUT2D eigenvalue weighted by atomic mass is 10.2. The van der Waals surface area contributed by atoms with E-state index in [4.69, 9.17) is 0 Å². The molecule has 0 fully saturated rings. The van der Waals surface area contributed by atoms with Crippen molar-refractivity contribution in [1.82, 2.24) is 4.72 Å². The SMILES string of the molecule is Cc1ccccc1NC(=O)[C@@H](C)NS(=O)(=O)c1ccc(F)cc1. The molecule has 2 rings (SSSR count). The number of anilines is 1. The number of hydrogen-bond donors (Lipinski definition) is 2. The maximum atomic E-state index is 12.9. The predicted molar refractivity (Wildman–Crippen MR) is 86.0 cm³/mol. The Morgan fingerprint density at radius 1 is 1.09 bits per heavy atom. The highest BCUT2D eigenvalue weighted by atomic mass is 32.2. The van der Waals surface area contributed by atoms with Gasteiger partial charge in [-0.15, -0.1) is 0 Å². The average Bonchev–Trinajstić information content (AvgIpc) is 2.49. The second-order valence-corrected chi connectivity index (χ2v) is 6.82. The Hall–Kier alpha value is -2.25. The molecular formula is C16H17FN2O3S. The second-order valence-electron chi connectivity index (χ2n) is 5.10. The highest BCUT2D eigenvalue weighted by Crippen LogP contribution is 2.14. The van der Waals surface area contributed by atoms with Gasteiger partial charge in [-0.1, -0.05) is 18.2 Å². The molecule has 0 unspecified atom stereocenters. The van der Waals surface area contributed by atoms with Crippen LogP contribution >= 0.6 is 0 Å². The standard InChI is InChI=1S/C16H17FN2O3S/c1-11-5-3-4-6-15(11)18-16(20)12(2)19-23(21,22)14-9-7-13(17)8-10-14/h3-10,12,19H,1-2H3,(H,18,20)/t12-/m1/s1. The van der Waals surface area contributed by atoms with E-state index in [-0.39, 0.29) is 4.90 Å². The number of carbonyl (C=O) groups is 1. The van der Waals surface area contributed by atoms with Crippen LogP contribution in [0.4, 0.5) is 10.1 Å². The van der Waals surface area contributed by atoms with Crippen molar-refractivity contribution in [2.24, 2.45) is 0 Å². The number of aryl methyl sites for hydroxylation is 1. The van der Waals surface area contributed by atoms with Gasteiger partial charge in [0.1, 0.15) is 5.82 Å². The Bertz CT molecular complexity index is 804. The smallest absolute Gasteiger partial charge is 0.242 e. The molecule has 0 aliphatic carbocycles. The molecule has 23 heavy (non-hydrogen) atoms. The second kappa shape index (κ2) is 6.89. The average molecular weight is 336 g/mol. The van der Waals surface area contributed by atoms with Crippen LogP contribution < -0.4 is 10.0 Å². The van der Waals surface area contributed by atoms with Crippen LogP contribution in [0.25, 0.3) is 0 Å². The largest absolute Gasteiger partial charge is 0.324 e. The first-order valence-electron chi connectivity index (χ1n) is 6.94. The van der Waals surface area contributed by atoms with Gasteiger partial charge in [0.25, 0.3) is 0 Å². The molecule has 2 N–H and O–H groups in total. The van der Waals surface area contributed by atoms with E-state index in [0.717, 1.165) is 29.8 Å². The van der Waals surface area contributed by atoms with Crippen LogP contribution in [0.3, 0.4) is 0 Å². The number of hydrogen-bond acceptors (Lipinski definition) is 3. The first-order chi connectivity index (χ1) is 10.8. The normalized spacial score (nSPS) is 12.7. The molecule has 7 heteroatoms. The van der Waals surface area contributed by atoms with Crippen LogP contribution in [0.2, 0.25) is 0 Å². The Morgan fingerprint density at radius 3 is 2.30 bits per heavy atom. The van der Waals surface area contributed by atoms with Crippen LogP contribution in [-0.2, 0) is 14.8 Å². The maximum Gasteiger partial charge on any atom is 0.242 e. The Morgan fingerprint density at radius 2 is 1.70 bits per heavy atom. The minimum absolute atomic E-state index is 0.102. The van der Waals surface area contributed by atoms with E-state index in [0.29, 0.717) is 5.69 Å². The maximum absolute atomic E-state index is 12.9. The lowest BCUT2D eigenvalue weighted by molar-refractivity contribution is -0.117. The zero-order valence-corrected chi connectivity index (χ0v) is 13.5. The Labute approximate surface area is 134 Å². The quantitative estimate of drug-likeness (QED) is 0.880. The number of nitrogens with one attached hydrogen (secondary N) is 2. The molecule has 0 saturated carbocycles. The molecule has 2 aromatic carbocycles. The van der Waals surface area contributed by atoms with Crippen molar-refractivity contribution in [2.75, 3.05) is 5.32 Å². The van der Waals surface area contributed by atoms with Crippen LogP contribution in [0.1, 0.15) is 12.5 Å². The summed E-state index contributed by atoms with van der Waals surface area (Å²) >= 11 is 0. The summed E-state index contributed by atoms with van der Waals surface area (Å²) in [6.45, 7) is 3.28. The van der Waals surface area contributed by atoms with E-state index in [9.17, 15) is 17.6 Å². The van der Waals surface area contributed by atoms with Gasteiger partial charge in [-0.05, 0) is 49.7 Å². The number of rotatable bonds is 5. The number of carbonyl (C=O) groups excluding carboxylic acids is 1. The van der Waals surface area contributed by atoms with Crippen LogP contribution in [0.15, 0.2) is 53.4 Å². The lowest BCUT2D eigenvalue weighted by Crippen LogP contribution is -2.41. The summed E-state index contributed by atoms with van der Waals surface area (Å²) < 4.78 is 39.5. The van der Waals surface area contributed by atoms with Gasteiger partial charge in [0.05, 0.1) is 10.9 Å². The molecule has 0 heterocycles. The molecule has 1 atom stereocenters. The first-order valence-corrected chi connectivity index (χ1v) is 8.42. The molecule has 0 spiro atoms. The Kier molecular flexibility index (Phi) is 5.12. The van der Waals surface area contributed by atoms with E-state index in [1.165, 1.54) is 6.92 Å². The van der Waals surface area contributed by atoms with Crippen molar-refractivity contribution in [3.05, 3.63) is 59.9 Å². The van der Waals surface area contributed by atoms with Crippen molar-refractivity contribution in [2.45, 2.75) is 24.8 Å². The summed E-state index contributed by atoms with van der Waals surface area (Å²) in [4.78, 5) is 12.0. The zero-order valence-electron chi connectivity index (χ0n) is 12.7. The van der Waals surface area contributed by atoms with Gasteiger partial charge in [0, 0.05) is 5.69 Å². The fourth-order valence-corrected chi connectivity index (χ4v) is 3.13. The monoisotopic (exact) mass is 336 g/mol. The van der Waals surface area contributed by atoms with Gasteiger partial charge in [-0.25, -0.2) is 12.8 Å². The van der Waals surface area contributed by atoms with Gasteiger partial charge >= 0.3 is 0 Å². The van der Waals surface area contributed by atoms with Crippen LogP contribution in [-0.4, -0.2) is 20.4 Å². The lowest BCUT2D eigenvalue weighted by Gasteiger charge is -2.15. The molecule has 0 aliphatic rings. The van der Waals surface area contributed by atoms with Crippen molar-refractivity contribution >= 4 is 21.6 Å². The Balaban J connectivity index is 2.08.